The molecule has 1 saturated heterocycles. The number of carbonyl (C=O) groups is 3. The van der Waals surface area contributed by atoms with Crippen LogP contribution in [0.3, 0.4) is 0 Å². The Hall–Kier alpha value is -4.83. The highest BCUT2D eigenvalue weighted by molar-refractivity contribution is 6.03. The molecule has 1 aliphatic carbocycles. The molecule has 39 heavy (non-hydrogen) atoms. The fourth-order valence-electron chi connectivity index (χ4n) is 5.01. The Balaban J connectivity index is 1.08. The number of nitrogens with one attached hydrogen (secondary N) is 4. The second-order valence-electron chi connectivity index (χ2n) is 9.42. The van der Waals surface area contributed by atoms with Gasteiger partial charge in [-0.3, -0.25) is 9.59 Å². The lowest BCUT2D eigenvalue weighted by molar-refractivity contribution is -0.135. The molecule has 2 aromatic rings. The van der Waals surface area contributed by atoms with Crippen LogP contribution in [-0.4, -0.2) is 38.2 Å². The molecule has 2 amide bonds. The molecule has 2 aromatic carbocycles. The summed E-state index contributed by atoms with van der Waals surface area (Å²) in [7, 11) is 1.33. The van der Waals surface area contributed by atoms with Gasteiger partial charge < -0.3 is 35.5 Å². The van der Waals surface area contributed by atoms with Crippen molar-refractivity contribution >= 4 is 35.2 Å². The minimum atomic E-state index is -0.427. The fourth-order valence-corrected chi connectivity index (χ4v) is 5.01. The maximum absolute atomic E-state index is 12.8. The SMILES string of the molecule is COC(=O)C1=CCC2C(=C1)NC(=O)/C2=C1/C=Cc2cc(NC(=O)CNCc3ccc4c(c3)OCO4)ccc2N1. The number of carbonyl (C=O) groups excluding carboxylic acids is 3. The first kappa shape index (κ1) is 24.5. The fraction of sp³-hybridized carbons (Fsp3) is 0.207. The van der Waals surface area contributed by atoms with E-state index in [2.05, 4.69) is 21.3 Å². The molecule has 10 nitrogen and oxygen atoms in total. The quantitative estimate of drug-likeness (QED) is 0.334. The number of anilines is 2. The van der Waals surface area contributed by atoms with Gasteiger partial charge >= 0.3 is 5.97 Å². The Morgan fingerprint density at radius 2 is 1.95 bits per heavy atom. The van der Waals surface area contributed by atoms with Crippen LogP contribution in [-0.2, 0) is 25.7 Å². The zero-order chi connectivity index (χ0) is 26.9. The minimum absolute atomic E-state index is 0.147. The summed E-state index contributed by atoms with van der Waals surface area (Å²) in [4.78, 5) is 37.2. The predicted octanol–water partition coefficient (Wildman–Crippen LogP) is 2.97. The van der Waals surface area contributed by atoms with Crippen LogP contribution >= 0.6 is 0 Å². The zero-order valence-corrected chi connectivity index (χ0v) is 21.1. The topological polar surface area (TPSA) is 127 Å². The summed E-state index contributed by atoms with van der Waals surface area (Å²) in [6, 6.07) is 11.3. The van der Waals surface area contributed by atoms with Gasteiger partial charge in [0, 0.05) is 46.4 Å². The number of benzene rings is 2. The molecule has 198 valence electrons. The third-order valence-electron chi connectivity index (χ3n) is 6.91. The van der Waals surface area contributed by atoms with E-state index in [0.29, 0.717) is 46.9 Å². The molecular formula is C29H26N4O6. The van der Waals surface area contributed by atoms with Crippen LogP contribution in [0.25, 0.3) is 6.08 Å². The van der Waals surface area contributed by atoms with Gasteiger partial charge in [-0.05, 0) is 54.5 Å². The first-order valence-corrected chi connectivity index (χ1v) is 12.5. The van der Waals surface area contributed by atoms with Gasteiger partial charge in [-0.2, -0.15) is 0 Å². The predicted molar refractivity (Wildman–Crippen MR) is 143 cm³/mol. The molecule has 3 heterocycles. The molecule has 1 unspecified atom stereocenters. The van der Waals surface area contributed by atoms with Gasteiger partial charge in [0.05, 0.1) is 19.2 Å². The second-order valence-corrected chi connectivity index (χ2v) is 9.42. The van der Waals surface area contributed by atoms with Gasteiger partial charge in [0.25, 0.3) is 5.91 Å². The number of amides is 2. The van der Waals surface area contributed by atoms with E-state index >= 15 is 0 Å². The molecule has 4 N–H and O–H groups in total. The summed E-state index contributed by atoms with van der Waals surface area (Å²) in [5, 5.41) is 12.3. The molecule has 0 bridgehead atoms. The van der Waals surface area contributed by atoms with Gasteiger partial charge in [-0.1, -0.05) is 18.2 Å². The van der Waals surface area contributed by atoms with Crippen LogP contribution < -0.4 is 30.7 Å². The smallest absolute Gasteiger partial charge is 0.337 e. The van der Waals surface area contributed by atoms with E-state index in [9.17, 15) is 14.4 Å². The third kappa shape index (κ3) is 4.89. The number of ether oxygens (including phenoxy) is 3. The Kier molecular flexibility index (Phi) is 6.37. The van der Waals surface area contributed by atoms with Crippen LogP contribution in [0, 0.1) is 5.92 Å². The van der Waals surface area contributed by atoms with Gasteiger partial charge in [-0.25, -0.2) is 4.79 Å². The maximum Gasteiger partial charge on any atom is 0.337 e. The summed E-state index contributed by atoms with van der Waals surface area (Å²) in [6.07, 6.45) is 7.75. The number of methoxy groups -OCH3 is 1. The first-order chi connectivity index (χ1) is 19.0. The van der Waals surface area contributed by atoms with Crippen molar-refractivity contribution in [1.82, 2.24) is 10.6 Å². The van der Waals surface area contributed by atoms with Crippen molar-refractivity contribution in [2.24, 2.45) is 5.92 Å². The molecule has 10 heteroatoms. The van der Waals surface area contributed by atoms with Crippen molar-refractivity contribution in [1.29, 1.82) is 0 Å². The number of hydrogen-bond donors (Lipinski definition) is 4. The van der Waals surface area contributed by atoms with Crippen molar-refractivity contribution in [3.63, 3.8) is 0 Å². The minimum Gasteiger partial charge on any atom is -0.465 e. The normalized spacial score (nSPS) is 20.2. The van der Waals surface area contributed by atoms with Crippen LogP contribution in [0.2, 0.25) is 0 Å². The highest BCUT2D eigenvalue weighted by Crippen LogP contribution is 2.38. The van der Waals surface area contributed by atoms with Crippen molar-refractivity contribution in [3.05, 3.63) is 88.3 Å². The Morgan fingerprint density at radius 3 is 2.82 bits per heavy atom. The number of rotatable bonds is 6. The van der Waals surface area contributed by atoms with E-state index in [1.54, 1.807) is 12.2 Å². The van der Waals surface area contributed by atoms with E-state index in [1.807, 2.05) is 48.6 Å². The van der Waals surface area contributed by atoms with Crippen molar-refractivity contribution in [3.8, 4) is 11.5 Å². The lowest BCUT2D eigenvalue weighted by Gasteiger charge is -2.21. The van der Waals surface area contributed by atoms with Crippen molar-refractivity contribution < 1.29 is 28.6 Å². The van der Waals surface area contributed by atoms with Gasteiger partial charge in [0.15, 0.2) is 11.5 Å². The summed E-state index contributed by atoms with van der Waals surface area (Å²) >= 11 is 0. The number of esters is 1. The molecule has 1 atom stereocenters. The molecule has 0 aromatic heterocycles. The Bertz CT molecular complexity index is 1520. The van der Waals surface area contributed by atoms with Gasteiger partial charge in [-0.15, -0.1) is 0 Å². The molecular weight excluding hydrogens is 500 g/mol. The lowest BCUT2D eigenvalue weighted by atomic mass is 9.88. The molecule has 4 aliphatic rings. The first-order valence-electron chi connectivity index (χ1n) is 12.5. The van der Waals surface area contributed by atoms with Gasteiger partial charge in [0.1, 0.15) is 0 Å². The van der Waals surface area contributed by atoms with E-state index < -0.39 is 5.97 Å². The van der Waals surface area contributed by atoms with Crippen molar-refractivity contribution in [2.75, 3.05) is 31.1 Å². The lowest BCUT2D eigenvalue weighted by Crippen LogP contribution is -2.27. The van der Waals surface area contributed by atoms with Crippen LogP contribution in [0.1, 0.15) is 17.5 Å². The molecule has 1 fully saturated rings. The third-order valence-corrected chi connectivity index (χ3v) is 6.91. The average Bonchev–Trinajstić information content (AvgIpc) is 3.54. The largest absolute Gasteiger partial charge is 0.465 e. The van der Waals surface area contributed by atoms with Crippen molar-refractivity contribution in [2.45, 2.75) is 13.0 Å². The van der Waals surface area contributed by atoms with E-state index in [1.165, 1.54) is 7.11 Å². The molecule has 0 radical (unpaired) electrons. The van der Waals surface area contributed by atoms with Crippen LogP contribution in [0.15, 0.2) is 77.2 Å². The monoisotopic (exact) mass is 526 g/mol. The summed E-state index contributed by atoms with van der Waals surface area (Å²) in [5.41, 5.74) is 5.82. The van der Waals surface area contributed by atoms with Gasteiger partial charge in [0.2, 0.25) is 12.7 Å². The summed E-state index contributed by atoms with van der Waals surface area (Å²) in [5.74, 6) is 0.488. The van der Waals surface area contributed by atoms with E-state index in [4.69, 9.17) is 14.2 Å². The summed E-state index contributed by atoms with van der Waals surface area (Å²) < 4.78 is 15.5. The number of allylic oxidation sites excluding steroid dienone is 3. The van der Waals surface area contributed by atoms with E-state index in [-0.39, 0.29) is 31.1 Å². The van der Waals surface area contributed by atoms with E-state index in [0.717, 1.165) is 22.6 Å². The Labute approximate surface area is 224 Å². The highest BCUT2D eigenvalue weighted by atomic mass is 16.7. The molecule has 6 rings (SSSR count). The molecule has 0 spiro atoms. The standard InChI is InChI=1S/C29H26N4O6/c1-37-29(36)18-3-6-20-23(12-18)33-28(35)27(20)22-7-4-17-11-19(5-8-21(17)32-22)31-26(34)14-30-13-16-2-9-24-25(10-16)39-15-38-24/h2-5,7-12,20,30,32H,6,13-15H2,1H3,(H,31,34)(H,33,35)/b27-22-. The number of hydrogen-bond acceptors (Lipinski definition) is 8. The average molecular weight is 527 g/mol. The molecule has 3 aliphatic heterocycles. The van der Waals surface area contributed by atoms with Crippen LogP contribution in [0.4, 0.5) is 11.4 Å². The Morgan fingerprint density at radius 1 is 1.08 bits per heavy atom. The maximum atomic E-state index is 12.8. The molecule has 0 saturated carbocycles. The zero-order valence-electron chi connectivity index (χ0n) is 21.1. The van der Waals surface area contributed by atoms with Crippen LogP contribution in [0.5, 0.6) is 11.5 Å². The second kappa shape index (κ2) is 10.1. The summed E-state index contributed by atoms with van der Waals surface area (Å²) in [6.45, 7) is 0.891. The highest BCUT2D eigenvalue weighted by Gasteiger charge is 2.37. The number of fused-ring (bicyclic) bond motifs is 3.